The van der Waals surface area contributed by atoms with Gasteiger partial charge in [0.15, 0.2) is 11.6 Å². The maximum Gasteiger partial charge on any atom is 0.184 e. The molecule has 0 aliphatic heterocycles. The van der Waals surface area contributed by atoms with Crippen LogP contribution in [0.5, 0.6) is 0 Å². The maximum atomic E-state index is 12.8. The molecule has 4 heteroatoms. The van der Waals surface area contributed by atoms with E-state index in [0.29, 0.717) is 11.1 Å². The Bertz CT molecular complexity index is 593. The van der Waals surface area contributed by atoms with E-state index < -0.39 is 10.6 Å². The fourth-order valence-electron chi connectivity index (χ4n) is 1.63. The summed E-state index contributed by atoms with van der Waals surface area (Å²) in [5.74, 6) is -1.11. The number of alkyl halides is 1. The number of carbonyl (C=O) groups is 2. The van der Waals surface area contributed by atoms with Gasteiger partial charge in [-0.25, -0.2) is 4.39 Å². The normalized spacial score (nSPS) is 11.9. The van der Waals surface area contributed by atoms with Gasteiger partial charge >= 0.3 is 0 Å². The predicted molar refractivity (Wildman–Crippen MR) is 74.2 cm³/mol. The molecule has 0 radical (unpaired) electrons. The smallest absolute Gasteiger partial charge is 0.184 e. The zero-order valence-corrected chi connectivity index (χ0v) is 11.4. The van der Waals surface area contributed by atoms with Gasteiger partial charge in [0.05, 0.1) is 0 Å². The number of ketones is 2. The molecular formula is C15H10BrFO2. The molecule has 0 amide bonds. The van der Waals surface area contributed by atoms with E-state index in [2.05, 4.69) is 15.9 Å². The van der Waals surface area contributed by atoms with Gasteiger partial charge < -0.3 is 0 Å². The van der Waals surface area contributed by atoms with Crippen LogP contribution >= 0.6 is 15.9 Å². The molecule has 0 saturated carbocycles. The van der Waals surface area contributed by atoms with Crippen molar-refractivity contribution < 1.29 is 14.0 Å². The van der Waals surface area contributed by atoms with Gasteiger partial charge in [0, 0.05) is 11.1 Å². The van der Waals surface area contributed by atoms with Gasteiger partial charge in [0.1, 0.15) is 10.6 Å². The summed E-state index contributed by atoms with van der Waals surface area (Å²) in [5.41, 5.74) is 0.757. The van der Waals surface area contributed by atoms with Crippen molar-refractivity contribution in [3.63, 3.8) is 0 Å². The van der Waals surface area contributed by atoms with Crippen molar-refractivity contribution in [2.24, 2.45) is 0 Å². The standard InChI is InChI=1S/C15H10BrFO2/c16-13(14(18)10-4-2-1-3-5-10)15(19)11-6-8-12(17)9-7-11/h1-9,13H. The van der Waals surface area contributed by atoms with Crippen LogP contribution in [0.3, 0.4) is 0 Å². The molecule has 0 aromatic heterocycles. The van der Waals surface area contributed by atoms with Crippen LogP contribution < -0.4 is 0 Å². The number of rotatable bonds is 4. The van der Waals surface area contributed by atoms with Crippen molar-refractivity contribution in [2.75, 3.05) is 0 Å². The van der Waals surface area contributed by atoms with Gasteiger partial charge in [0.2, 0.25) is 0 Å². The van der Waals surface area contributed by atoms with Gasteiger partial charge in [-0.05, 0) is 24.3 Å². The van der Waals surface area contributed by atoms with E-state index in [0.717, 1.165) is 0 Å². The second-order valence-corrected chi connectivity index (χ2v) is 4.88. The SMILES string of the molecule is O=C(c1ccccc1)C(Br)C(=O)c1ccc(F)cc1. The van der Waals surface area contributed by atoms with E-state index in [1.54, 1.807) is 30.3 Å². The molecule has 0 N–H and O–H groups in total. The van der Waals surface area contributed by atoms with Crippen LogP contribution in [0.25, 0.3) is 0 Å². The van der Waals surface area contributed by atoms with Crippen molar-refractivity contribution in [2.45, 2.75) is 4.83 Å². The highest BCUT2D eigenvalue weighted by Gasteiger charge is 2.25. The van der Waals surface area contributed by atoms with Crippen LogP contribution in [0, 0.1) is 5.82 Å². The first-order valence-corrected chi connectivity index (χ1v) is 6.54. The topological polar surface area (TPSA) is 34.1 Å². The number of hydrogen-bond acceptors (Lipinski definition) is 2. The van der Waals surface area contributed by atoms with Crippen molar-refractivity contribution in [1.82, 2.24) is 0 Å². The number of carbonyl (C=O) groups excluding carboxylic acids is 2. The van der Waals surface area contributed by atoms with Gasteiger partial charge in [-0.3, -0.25) is 9.59 Å². The lowest BCUT2D eigenvalue weighted by atomic mass is 10.0. The number of hydrogen-bond donors (Lipinski definition) is 0. The number of benzene rings is 2. The van der Waals surface area contributed by atoms with Crippen LogP contribution in [0.2, 0.25) is 0 Å². The highest BCUT2D eigenvalue weighted by atomic mass is 79.9. The first-order chi connectivity index (χ1) is 9.09. The van der Waals surface area contributed by atoms with Crippen LogP contribution in [0.1, 0.15) is 20.7 Å². The Kier molecular flexibility index (Phi) is 4.22. The molecule has 19 heavy (non-hydrogen) atoms. The molecule has 0 bridgehead atoms. The molecule has 96 valence electrons. The minimum Gasteiger partial charge on any atom is -0.292 e. The predicted octanol–water partition coefficient (Wildman–Crippen LogP) is 3.65. The Hall–Kier alpha value is -1.81. The molecule has 2 rings (SSSR count). The van der Waals surface area contributed by atoms with Gasteiger partial charge in [0.25, 0.3) is 0 Å². The molecule has 0 spiro atoms. The monoisotopic (exact) mass is 320 g/mol. The molecule has 2 aromatic rings. The Morgan fingerprint density at radius 2 is 1.32 bits per heavy atom. The lowest BCUT2D eigenvalue weighted by Gasteiger charge is -2.08. The molecular weight excluding hydrogens is 311 g/mol. The second-order valence-electron chi connectivity index (χ2n) is 3.96. The van der Waals surface area contributed by atoms with Crippen molar-refractivity contribution in [1.29, 1.82) is 0 Å². The molecule has 2 nitrogen and oxygen atoms in total. The van der Waals surface area contributed by atoms with Gasteiger partial charge in [-0.1, -0.05) is 46.3 Å². The number of halogens is 2. The minimum absolute atomic E-state index is 0.299. The van der Waals surface area contributed by atoms with Gasteiger partial charge in [-0.15, -0.1) is 0 Å². The van der Waals surface area contributed by atoms with E-state index in [4.69, 9.17) is 0 Å². The first kappa shape index (κ1) is 13.6. The van der Waals surface area contributed by atoms with E-state index in [9.17, 15) is 14.0 Å². The Morgan fingerprint density at radius 3 is 1.84 bits per heavy atom. The molecule has 0 aliphatic carbocycles. The second kappa shape index (κ2) is 5.89. The quantitative estimate of drug-likeness (QED) is 0.489. The fraction of sp³-hybridized carbons (Fsp3) is 0.0667. The molecule has 0 heterocycles. The Balaban J connectivity index is 2.20. The summed E-state index contributed by atoms with van der Waals surface area (Å²) in [6.45, 7) is 0. The van der Waals surface area contributed by atoms with Crippen LogP contribution in [0.15, 0.2) is 54.6 Å². The lowest BCUT2D eigenvalue weighted by molar-refractivity contribution is 0.0906. The third kappa shape index (κ3) is 3.15. The molecule has 0 saturated heterocycles. The fourth-order valence-corrected chi connectivity index (χ4v) is 2.16. The average Bonchev–Trinajstić information content (AvgIpc) is 2.46. The van der Waals surface area contributed by atoms with E-state index in [1.807, 2.05) is 0 Å². The molecule has 1 unspecified atom stereocenters. The highest BCUT2D eigenvalue weighted by Crippen LogP contribution is 2.16. The van der Waals surface area contributed by atoms with Crippen molar-refractivity contribution in [3.8, 4) is 0 Å². The summed E-state index contributed by atoms with van der Waals surface area (Å²) in [6, 6.07) is 13.7. The van der Waals surface area contributed by atoms with Crippen LogP contribution in [-0.4, -0.2) is 16.4 Å². The molecule has 2 aromatic carbocycles. The summed E-state index contributed by atoms with van der Waals surface area (Å²) in [7, 11) is 0. The van der Waals surface area contributed by atoms with Crippen molar-refractivity contribution in [3.05, 3.63) is 71.5 Å². The Labute approximate surface area is 118 Å². The van der Waals surface area contributed by atoms with Crippen LogP contribution in [-0.2, 0) is 0 Å². The third-order valence-corrected chi connectivity index (χ3v) is 3.48. The lowest BCUT2D eigenvalue weighted by Crippen LogP contribution is -2.24. The largest absolute Gasteiger partial charge is 0.292 e. The average molecular weight is 321 g/mol. The summed E-state index contributed by atoms with van der Waals surface area (Å²) in [4.78, 5) is 23.2. The maximum absolute atomic E-state index is 12.8. The molecule has 1 atom stereocenters. The number of Topliss-reactive ketones (excluding diaryl/α,β-unsaturated/α-hetero) is 2. The van der Waals surface area contributed by atoms with Gasteiger partial charge in [-0.2, -0.15) is 0 Å². The summed E-state index contributed by atoms with van der Waals surface area (Å²) >= 11 is 3.11. The van der Waals surface area contributed by atoms with Crippen LogP contribution in [0.4, 0.5) is 4.39 Å². The van der Waals surface area contributed by atoms with E-state index in [1.165, 1.54) is 24.3 Å². The highest BCUT2D eigenvalue weighted by molar-refractivity contribution is 9.10. The summed E-state index contributed by atoms with van der Waals surface area (Å²) < 4.78 is 12.8. The summed E-state index contributed by atoms with van der Waals surface area (Å²) in [5, 5.41) is 0. The van der Waals surface area contributed by atoms with E-state index in [-0.39, 0.29) is 11.6 Å². The zero-order valence-electron chi connectivity index (χ0n) is 9.85. The Morgan fingerprint density at radius 1 is 0.842 bits per heavy atom. The molecule has 0 aliphatic rings. The first-order valence-electron chi connectivity index (χ1n) is 5.62. The zero-order chi connectivity index (χ0) is 13.8. The third-order valence-electron chi connectivity index (χ3n) is 2.65. The van der Waals surface area contributed by atoms with E-state index >= 15 is 0 Å². The minimum atomic E-state index is -0.958. The molecule has 0 fully saturated rings. The van der Waals surface area contributed by atoms with Crippen molar-refractivity contribution >= 4 is 27.5 Å². The summed E-state index contributed by atoms with van der Waals surface area (Å²) in [6.07, 6.45) is 0.